The highest BCUT2D eigenvalue weighted by atomic mass is 79.9. The van der Waals surface area contributed by atoms with Gasteiger partial charge in [-0.3, -0.25) is 0 Å². The second kappa shape index (κ2) is 9.36. The highest BCUT2D eigenvalue weighted by molar-refractivity contribution is 9.10. The molecule has 0 bridgehead atoms. The molecule has 0 unspecified atom stereocenters. The fourth-order valence-electron chi connectivity index (χ4n) is 1.37. The van der Waals surface area contributed by atoms with Crippen molar-refractivity contribution in [3.8, 4) is 5.75 Å². The first-order chi connectivity index (χ1) is 8.72. The summed E-state index contributed by atoms with van der Waals surface area (Å²) in [7, 11) is 0. The van der Waals surface area contributed by atoms with Crippen LogP contribution in [-0.4, -0.2) is 32.4 Å². The predicted molar refractivity (Wildman–Crippen MR) is 78.2 cm³/mol. The minimum atomic E-state index is 0.563. The van der Waals surface area contributed by atoms with E-state index in [-0.39, 0.29) is 0 Å². The van der Waals surface area contributed by atoms with Gasteiger partial charge in [0.25, 0.3) is 0 Å². The fraction of sp³-hybridized carbons (Fsp3) is 0.571. The van der Waals surface area contributed by atoms with Crippen LogP contribution in [0.25, 0.3) is 0 Å². The van der Waals surface area contributed by atoms with Gasteiger partial charge in [0.2, 0.25) is 0 Å². The molecule has 0 saturated carbocycles. The molecule has 1 atom stereocenters. The second-order valence-electron chi connectivity index (χ2n) is 4.18. The molecular formula is C14H22BrNO2. The van der Waals surface area contributed by atoms with Gasteiger partial charge in [-0.15, -0.1) is 0 Å². The van der Waals surface area contributed by atoms with Gasteiger partial charge in [-0.2, -0.15) is 0 Å². The van der Waals surface area contributed by atoms with Gasteiger partial charge >= 0.3 is 0 Å². The van der Waals surface area contributed by atoms with Gasteiger partial charge in [0.05, 0.1) is 13.2 Å². The lowest BCUT2D eigenvalue weighted by Crippen LogP contribution is -2.29. The van der Waals surface area contributed by atoms with Crippen LogP contribution in [-0.2, 0) is 4.74 Å². The van der Waals surface area contributed by atoms with Crippen molar-refractivity contribution in [2.75, 3.05) is 26.4 Å². The van der Waals surface area contributed by atoms with Gasteiger partial charge in [0.1, 0.15) is 12.4 Å². The Balaban J connectivity index is 1.97. The van der Waals surface area contributed by atoms with Crippen LogP contribution in [0.15, 0.2) is 28.7 Å². The topological polar surface area (TPSA) is 30.5 Å². The van der Waals surface area contributed by atoms with E-state index in [1.54, 1.807) is 0 Å². The van der Waals surface area contributed by atoms with Gasteiger partial charge in [-0.25, -0.2) is 0 Å². The van der Waals surface area contributed by atoms with Gasteiger partial charge in [-0.05, 0) is 37.6 Å². The molecule has 0 amide bonds. The standard InChI is InChI=1S/C14H22BrNO2/c1-3-12(2)16-8-9-17-10-11-18-14-6-4-13(15)5-7-14/h4-7,12,16H,3,8-11H2,1-2H3/t12-/m1/s1. The van der Waals surface area contributed by atoms with E-state index in [9.17, 15) is 0 Å². The number of rotatable bonds is 9. The molecule has 1 N–H and O–H groups in total. The van der Waals surface area contributed by atoms with Crippen molar-refractivity contribution in [1.82, 2.24) is 5.32 Å². The average Bonchev–Trinajstić information content (AvgIpc) is 2.39. The molecule has 0 spiro atoms. The van der Waals surface area contributed by atoms with Crippen LogP contribution in [0.4, 0.5) is 0 Å². The normalized spacial score (nSPS) is 12.4. The number of halogens is 1. The predicted octanol–water partition coefficient (Wildman–Crippen LogP) is 3.23. The lowest BCUT2D eigenvalue weighted by Gasteiger charge is -2.11. The Morgan fingerprint density at radius 2 is 1.89 bits per heavy atom. The SMILES string of the molecule is CC[C@@H](C)NCCOCCOc1ccc(Br)cc1. The van der Waals surface area contributed by atoms with Crippen molar-refractivity contribution in [2.45, 2.75) is 26.3 Å². The number of nitrogens with one attached hydrogen (secondary N) is 1. The van der Waals surface area contributed by atoms with Gasteiger partial charge in [0.15, 0.2) is 0 Å². The van der Waals surface area contributed by atoms with E-state index in [0.29, 0.717) is 19.3 Å². The van der Waals surface area contributed by atoms with Crippen LogP contribution >= 0.6 is 15.9 Å². The maximum Gasteiger partial charge on any atom is 0.119 e. The van der Waals surface area contributed by atoms with Crippen LogP contribution in [0, 0.1) is 0 Å². The first-order valence-electron chi connectivity index (χ1n) is 6.42. The molecule has 0 aliphatic carbocycles. The van der Waals surface area contributed by atoms with Crippen LogP contribution in [0.2, 0.25) is 0 Å². The first kappa shape index (κ1) is 15.5. The van der Waals surface area contributed by atoms with Crippen LogP contribution in [0.1, 0.15) is 20.3 Å². The summed E-state index contributed by atoms with van der Waals surface area (Å²) in [5, 5.41) is 3.38. The monoisotopic (exact) mass is 315 g/mol. The highest BCUT2D eigenvalue weighted by Gasteiger charge is 1.97. The molecule has 3 nitrogen and oxygen atoms in total. The molecule has 0 heterocycles. The third-order valence-electron chi connectivity index (χ3n) is 2.66. The smallest absolute Gasteiger partial charge is 0.119 e. The molecule has 0 aromatic heterocycles. The third-order valence-corrected chi connectivity index (χ3v) is 3.19. The van der Waals surface area contributed by atoms with E-state index < -0.39 is 0 Å². The van der Waals surface area contributed by atoms with Crippen molar-refractivity contribution in [1.29, 1.82) is 0 Å². The van der Waals surface area contributed by atoms with Crippen molar-refractivity contribution in [2.24, 2.45) is 0 Å². The van der Waals surface area contributed by atoms with Gasteiger partial charge < -0.3 is 14.8 Å². The Morgan fingerprint density at radius 1 is 1.17 bits per heavy atom. The molecule has 0 aliphatic heterocycles. The van der Waals surface area contributed by atoms with Crippen molar-refractivity contribution in [3.63, 3.8) is 0 Å². The van der Waals surface area contributed by atoms with E-state index in [1.165, 1.54) is 0 Å². The van der Waals surface area contributed by atoms with Crippen molar-refractivity contribution in [3.05, 3.63) is 28.7 Å². The van der Waals surface area contributed by atoms with Crippen LogP contribution in [0.5, 0.6) is 5.75 Å². The van der Waals surface area contributed by atoms with E-state index >= 15 is 0 Å². The molecule has 0 saturated heterocycles. The summed E-state index contributed by atoms with van der Waals surface area (Å²) in [6.45, 7) is 7.19. The zero-order chi connectivity index (χ0) is 13.2. The summed E-state index contributed by atoms with van der Waals surface area (Å²) in [5.74, 6) is 0.875. The minimum absolute atomic E-state index is 0.563. The van der Waals surface area contributed by atoms with Crippen molar-refractivity contribution < 1.29 is 9.47 Å². The zero-order valence-corrected chi connectivity index (χ0v) is 12.7. The number of benzene rings is 1. The van der Waals surface area contributed by atoms with E-state index in [0.717, 1.165) is 29.8 Å². The van der Waals surface area contributed by atoms with Crippen LogP contribution in [0.3, 0.4) is 0 Å². The Labute approximate surface area is 118 Å². The van der Waals surface area contributed by atoms with Crippen molar-refractivity contribution >= 4 is 15.9 Å². The van der Waals surface area contributed by atoms with E-state index in [4.69, 9.17) is 9.47 Å². The molecule has 1 rings (SSSR count). The zero-order valence-electron chi connectivity index (χ0n) is 11.1. The summed E-state index contributed by atoms with van der Waals surface area (Å²) in [6.07, 6.45) is 1.15. The molecular weight excluding hydrogens is 294 g/mol. The molecule has 102 valence electrons. The maximum atomic E-state index is 5.54. The molecule has 0 aliphatic rings. The Hall–Kier alpha value is -0.580. The average molecular weight is 316 g/mol. The summed E-state index contributed by atoms with van der Waals surface area (Å²) in [5.41, 5.74) is 0. The van der Waals surface area contributed by atoms with E-state index in [1.807, 2.05) is 24.3 Å². The molecule has 1 aromatic carbocycles. The lowest BCUT2D eigenvalue weighted by molar-refractivity contribution is 0.100. The minimum Gasteiger partial charge on any atom is -0.491 e. The number of ether oxygens (including phenoxy) is 2. The van der Waals surface area contributed by atoms with Gasteiger partial charge in [0, 0.05) is 17.1 Å². The highest BCUT2D eigenvalue weighted by Crippen LogP contribution is 2.15. The quantitative estimate of drug-likeness (QED) is 0.710. The second-order valence-corrected chi connectivity index (χ2v) is 5.09. The Kier molecular flexibility index (Phi) is 8.05. The fourth-order valence-corrected chi connectivity index (χ4v) is 1.64. The number of hydrogen-bond acceptors (Lipinski definition) is 3. The lowest BCUT2D eigenvalue weighted by atomic mass is 10.3. The summed E-state index contributed by atoms with van der Waals surface area (Å²) < 4.78 is 12.1. The molecule has 18 heavy (non-hydrogen) atoms. The summed E-state index contributed by atoms with van der Waals surface area (Å²) in [4.78, 5) is 0. The number of hydrogen-bond donors (Lipinski definition) is 1. The summed E-state index contributed by atoms with van der Waals surface area (Å²) in [6, 6.07) is 8.37. The molecule has 0 radical (unpaired) electrons. The van der Waals surface area contributed by atoms with Crippen LogP contribution < -0.4 is 10.1 Å². The summed E-state index contributed by atoms with van der Waals surface area (Å²) >= 11 is 3.39. The van der Waals surface area contributed by atoms with E-state index in [2.05, 4.69) is 35.1 Å². The Bertz CT molecular complexity index is 316. The Morgan fingerprint density at radius 3 is 2.56 bits per heavy atom. The first-order valence-corrected chi connectivity index (χ1v) is 7.21. The molecule has 0 fully saturated rings. The largest absolute Gasteiger partial charge is 0.491 e. The maximum absolute atomic E-state index is 5.54. The van der Waals surface area contributed by atoms with Gasteiger partial charge in [-0.1, -0.05) is 22.9 Å². The molecule has 4 heteroatoms. The molecule has 1 aromatic rings. The third kappa shape index (κ3) is 6.99.